The van der Waals surface area contributed by atoms with E-state index in [-0.39, 0.29) is 0 Å². The highest BCUT2D eigenvalue weighted by atomic mass is 32.2. The highest BCUT2D eigenvalue weighted by Gasteiger charge is 2.31. The molecule has 1 aliphatic carbocycles. The third kappa shape index (κ3) is 3.15. The van der Waals surface area contributed by atoms with Crippen molar-refractivity contribution in [2.24, 2.45) is 5.92 Å². The first-order valence-electron chi connectivity index (χ1n) is 5.41. The zero-order valence-electron chi connectivity index (χ0n) is 8.38. The molecule has 2 rings (SSSR count). The summed E-state index contributed by atoms with van der Waals surface area (Å²) in [4.78, 5) is 0. The van der Waals surface area contributed by atoms with Crippen molar-refractivity contribution < 1.29 is 0 Å². The van der Waals surface area contributed by atoms with Crippen LogP contribution in [0, 0.1) is 5.92 Å². The molecule has 13 heavy (non-hydrogen) atoms. The van der Waals surface area contributed by atoms with Gasteiger partial charge in [-0.2, -0.15) is 11.8 Å². The van der Waals surface area contributed by atoms with Crippen LogP contribution in [0.15, 0.2) is 0 Å². The Balaban J connectivity index is 1.51. The zero-order valence-corrected chi connectivity index (χ0v) is 9.20. The highest BCUT2D eigenvalue weighted by molar-refractivity contribution is 7.99. The molecule has 0 aromatic heterocycles. The van der Waals surface area contributed by atoms with Gasteiger partial charge in [-0.1, -0.05) is 6.92 Å². The summed E-state index contributed by atoms with van der Waals surface area (Å²) in [6.07, 6.45) is 2.70. The van der Waals surface area contributed by atoms with Crippen molar-refractivity contribution in [3.05, 3.63) is 0 Å². The Labute approximate surface area is 85.2 Å². The lowest BCUT2D eigenvalue weighted by Crippen LogP contribution is -2.39. The van der Waals surface area contributed by atoms with Crippen LogP contribution < -0.4 is 10.6 Å². The smallest absolute Gasteiger partial charge is 0.0170 e. The lowest BCUT2D eigenvalue weighted by atomic mass is 10.2. The molecule has 2 N–H and O–H groups in total. The van der Waals surface area contributed by atoms with E-state index in [0.29, 0.717) is 0 Å². The van der Waals surface area contributed by atoms with Crippen molar-refractivity contribution in [3.8, 4) is 0 Å². The third-order valence-corrected chi connectivity index (χ3v) is 4.14. The second kappa shape index (κ2) is 4.67. The minimum absolute atomic E-state index is 0.764. The molecule has 0 aromatic carbocycles. The summed E-state index contributed by atoms with van der Waals surface area (Å²) in [6.45, 7) is 4.73. The van der Waals surface area contributed by atoms with Gasteiger partial charge >= 0.3 is 0 Å². The van der Waals surface area contributed by atoms with Crippen LogP contribution in [0.1, 0.15) is 19.8 Å². The van der Waals surface area contributed by atoms with E-state index < -0.39 is 0 Å². The molecular weight excluding hydrogens is 180 g/mol. The van der Waals surface area contributed by atoms with Gasteiger partial charge in [0.25, 0.3) is 0 Å². The number of rotatable bonds is 4. The van der Waals surface area contributed by atoms with Crippen LogP contribution in [0.3, 0.4) is 0 Å². The summed E-state index contributed by atoms with van der Waals surface area (Å²) in [7, 11) is 0. The Kier molecular flexibility index (Phi) is 3.52. The Morgan fingerprint density at radius 1 is 1.54 bits per heavy atom. The average molecular weight is 200 g/mol. The standard InChI is InChI=1S/C10H20N2S/c1-8-6-10(8)12-3-2-9-7-13-5-4-11-9/h8-12H,2-7H2,1H3. The summed E-state index contributed by atoms with van der Waals surface area (Å²) in [5.41, 5.74) is 0. The van der Waals surface area contributed by atoms with Crippen LogP contribution in [0.25, 0.3) is 0 Å². The van der Waals surface area contributed by atoms with Crippen molar-refractivity contribution in [3.63, 3.8) is 0 Å². The molecule has 1 heterocycles. The first-order valence-corrected chi connectivity index (χ1v) is 6.56. The molecule has 1 saturated heterocycles. The number of thioether (sulfide) groups is 1. The molecule has 0 aromatic rings. The van der Waals surface area contributed by atoms with Crippen molar-refractivity contribution in [2.75, 3.05) is 24.6 Å². The van der Waals surface area contributed by atoms with E-state index in [1.54, 1.807) is 0 Å². The van der Waals surface area contributed by atoms with Gasteiger partial charge < -0.3 is 10.6 Å². The van der Waals surface area contributed by atoms with Gasteiger partial charge in [-0.05, 0) is 25.3 Å². The maximum atomic E-state index is 3.60. The first kappa shape index (κ1) is 9.81. The maximum absolute atomic E-state index is 3.60. The number of hydrogen-bond acceptors (Lipinski definition) is 3. The summed E-state index contributed by atoms with van der Waals surface area (Å²) in [5.74, 6) is 3.54. The number of hydrogen-bond donors (Lipinski definition) is 2. The van der Waals surface area contributed by atoms with E-state index in [9.17, 15) is 0 Å². The van der Waals surface area contributed by atoms with Crippen LogP contribution in [-0.2, 0) is 0 Å². The predicted octanol–water partition coefficient (Wildman–Crippen LogP) is 1.08. The Bertz CT molecular complexity index is 157. The molecule has 2 aliphatic rings. The van der Waals surface area contributed by atoms with Gasteiger partial charge in [0.1, 0.15) is 0 Å². The summed E-state index contributed by atoms with van der Waals surface area (Å²) in [6, 6.07) is 1.61. The monoisotopic (exact) mass is 200 g/mol. The van der Waals surface area contributed by atoms with Gasteiger partial charge in [0, 0.05) is 30.1 Å². The normalized spacial score (nSPS) is 39.0. The fourth-order valence-electron chi connectivity index (χ4n) is 1.85. The molecule has 3 heteroatoms. The summed E-state index contributed by atoms with van der Waals surface area (Å²) < 4.78 is 0. The molecule has 1 saturated carbocycles. The summed E-state index contributed by atoms with van der Waals surface area (Å²) >= 11 is 2.09. The SMILES string of the molecule is CC1CC1NCCC1CSCCN1. The average Bonchev–Trinajstić information content (AvgIpc) is 2.84. The molecule has 3 atom stereocenters. The van der Waals surface area contributed by atoms with E-state index in [1.807, 2.05) is 0 Å². The first-order chi connectivity index (χ1) is 6.36. The topological polar surface area (TPSA) is 24.1 Å². The second-order valence-electron chi connectivity index (χ2n) is 4.29. The quantitative estimate of drug-likeness (QED) is 0.710. The van der Waals surface area contributed by atoms with Gasteiger partial charge in [-0.25, -0.2) is 0 Å². The fraction of sp³-hybridized carbons (Fsp3) is 1.00. The van der Waals surface area contributed by atoms with Gasteiger partial charge in [-0.3, -0.25) is 0 Å². The molecule has 0 bridgehead atoms. The second-order valence-corrected chi connectivity index (χ2v) is 5.44. The molecular formula is C10H20N2S. The van der Waals surface area contributed by atoms with Crippen LogP contribution >= 0.6 is 11.8 Å². The van der Waals surface area contributed by atoms with E-state index in [4.69, 9.17) is 0 Å². The van der Waals surface area contributed by atoms with Gasteiger partial charge in [0.05, 0.1) is 0 Å². The molecule has 1 aliphatic heterocycles. The minimum atomic E-state index is 0.764. The highest BCUT2D eigenvalue weighted by Crippen LogP contribution is 2.28. The van der Waals surface area contributed by atoms with E-state index >= 15 is 0 Å². The summed E-state index contributed by atoms with van der Waals surface area (Å²) in [5, 5.41) is 7.17. The Morgan fingerprint density at radius 2 is 2.38 bits per heavy atom. The van der Waals surface area contributed by atoms with Crippen LogP contribution in [0.2, 0.25) is 0 Å². The molecule has 2 nitrogen and oxygen atoms in total. The van der Waals surface area contributed by atoms with Crippen molar-refractivity contribution in [1.29, 1.82) is 0 Å². The number of nitrogens with one attached hydrogen (secondary N) is 2. The molecule has 0 spiro atoms. The van der Waals surface area contributed by atoms with Crippen molar-refractivity contribution in [1.82, 2.24) is 10.6 Å². The Hall–Kier alpha value is 0.270. The maximum Gasteiger partial charge on any atom is 0.0170 e. The zero-order chi connectivity index (χ0) is 9.10. The third-order valence-electron chi connectivity index (χ3n) is 3.01. The van der Waals surface area contributed by atoms with E-state index in [0.717, 1.165) is 18.0 Å². The van der Waals surface area contributed by atoms with Gasteiger partial charge in [0.2, 0.25) is 0 Å². The van der Waals surface area contributed by atoms with Crippen LogP contribution in [0.5, 0.6) is 0 Å². The lowest BCUT2D eigenvalue weighted by molar-refractivity contribution is 0.498. The van der Waals surface area contributed by atoms with Crippen LogP contribution in [-0.4, -0.2) is 36.7 Å². The molecule has 0 amide bonds. The largest absolute Gasteiger partial charge is 0.314 e. The van der Waals surface area contributed by atoms with Crippen molar-refractivity contribution >= 4 is 11.8 Å². The van der Waals surface area contributed by atoms with Gasteiger partial charge in [0.15, 0.2) is 0 Å². The van der Waals surface area contributed by atoms with E-state index in [1.165, 1.54) is 37.4 Å². The molecule has 2 fully saturated rings. The minimum Gasteiger partial charge on any atom is -0.314 e. The van der Waals surface area contributed by atoms with Crippen molar-refractivity contribution in [2.45, 2.75) is 31.8 Å². The van der Waals surface area contributed by atoms with Crippen LogP contribution in [0.4, 0.5) is 0 Å². The fourth-order valence-corrected chi connectivity index (χ4v) is 2.85. The lowest BCUT2D eigenvalue weighted by Gasteiger charge is -2.23. The predicted molar refractivity (Wildman–Crippen MR) is 59.3 cm³/mol. The molecule has 0 radical (unpaired) electrons. The van der Waals surface area contributed by atoms with Gasteiger partial charge in [-0.15, -0.1) is 0 Å². The van der Waals surface area contributed by atoms with E-state index in [2.05, 4.69) is 29.3 Å². The Morgan fingerprint density at radius 3 is 3.00 bits per heavy atom. The molecule has 76 valence electrons. The molecule has 3 unspecified atom stereocenters.